The summed E-state index contributed by atoms with van der Waals surface area (Å²) in [5.41, 5.74) is 5.18. The van der Waals surface area contributed by atoms with Crippen LogP contribution in [0.2, 0.25) is 0 Å². The molecule has 0 saturated heterocycles. The molecule has 192 valence electrons. The predicted molar refractivity (Wildman–Crippen MR) is 126 cm³/mol. The Morgan fingerprint density at radius 1 is 1.28 bits per heavy atom. The van der Waals surface area contributed by atoms with Gasteiger partial charge in [-0.3, -0.25) is 9.59 Å². The molecule has 2 aromatic rings. The van der Waals surface area contributed by atoms with Gasteiger partial charge < -0.3 is 24.8 Å². The van der Waals surface area contributed by atoms with E-state index in [1.165, 1.54) is 18.2 Å². The van der Waals surface area contributed by atoms with Crippen molar-refractivity contribution < 1.29 is 37.3 Å². The molecule has 2 heterocycles. The second-order valence-corrected chi connectivity index (χ2v) is 8.57. The second kappa shape index (κ2) is 9.96. The number of carbonyl (C=O) groups is 2. The number of alkyl halides is 3. The highest BCUT2D eigenvalue weighted by Gasteiger charge is 2.36. The van der Waals surface area contributed by atoms with Gasteiger partial charge in [-0.1, -0.05) is 12.1 Å². The van der Waals surface area contributed by atoms with E-state index in [-0.39, 0.29) is 24.3 Å². The first-order valence-corrected chi connectivity index (χ1v) is 11.3. The van der Waals surface area contributed by atoms with E-state index in [1.54, 1.807) is 19.1 Å². The summed E-state index contributed by atoms with van der Waals surface area (Å²) in [4.78, 5) is 23.0. The van der Waals surface area contributed by atoms with E-state index >= 15 is 0 Å². The van der Waals surface area contributed by atoms with Gasteiger partial charge in [-0.2, -0.15) is 5.10 Å². The minimum Gasteiger partial charge on any atom is -0.483 e. The normalized spacial score (nSPS) is 18.7. The van der Waals surface area contributed by atoms with Crippen molar-refractivity contribution in [3.63, 3.8) is 0 Å². The lowest BCUT2D eigenvalue weighted by atomic mass is 9.91. The number of ether oxygens (including phenoxy) is 2. The maximum Gasteiger partial charge on any atom is 0.573 e. The van der Waals surface area contributed by atoms with Crippen LogP contribution in [0.1, 0.15) is 33.1 Å². The largest absolute Gasteiger partial charge is 0.573 e. The summed E-state index contributed by atoms with van der Waals surface area (Å²) in [7, 11) is 0. The first-order chi connectivity index (χ1) is 17.0. The zero-order valence-electron chi connectivity index (χ0n) is 19.6. The van der Waals surface area contributed by atoms with Gasteiger partial charge in [0.05, 0.1) is 5.69 Å². The number of hydrogen-bond donors (Lipinski definition) is 3. The van der Waals surface area contributed by atoms with Crippen molar-refractivity contribution in [3.8, 4) is 22.6 Å². The molecule has 1 unspecified atom stereocenters. The third kappa shape index (κ3) is 5.64. The van der Waals surface area contributed by atoms with Crippen molar-refractivity contribution in [1.29, 1.82) is 0 Å². The average Bonchev–Trinajstić information content (AvgIpc) is 2.76. The molecule has 1 fully saturated rings. The van der Waals surface area contributed by atoms with E-state index in [2.05, 4.69) is 20.6 Å². The lowest BCUT2D eigenvalue weighted by Gasteiger charge is -2.39. The summed E-state index contributed by atoms with van der Waals surface area (Å²) in [5, 5.41) is 15.0. The number of amidine groups is 1. The predicted octanol–water partition coefficient (Wildman–Crippen LogP) is 4.34. The lowest BCUT2D eigenvalue weighted by molar-refractivity contribution is -0.274. The van der Waals surface area contributed by atoms with Crippen LogP contribution < -0.4 is 25.1 Å². The third-order valence-corrected chi connectivity index (χ3v) is 5.90. The fourth-order valence-electron chi connectivity index (χ4n) is 4.06. The molecule has 0 spiro atoms. The zero-order chi connectivity index (χ0) is 26.0. The molecule has 0 aromatic heterocycles. The Bertz CT molecular complexity index is 1190. The fourth-order valence-corrected chi connectivity index (χ4v) is 4.06. The first kappa shape index (κ1) is 25.1. The maximum absolute atomic E-state index is 12.7. The molecule has 36 heavy (non-hydrogen) atoms. The molecule has 1 saturated carbocycles. The maximum atomic E-state index is 12.7. The number of rotatable bonds is 4. The number of carbonyl (C=O) groups excluding carboxylic acids is 1. The summed E-state index contributed by atoms with van der Waals surface area (Å²) in [5.74, 6) is -0.232. The van der Waals surface area contributed by atoms with E-state index in [9.17, 15) is 18.0 Å². The van der Waals surface area contributed by atoms with E-state index in [1.807, 2.05) is 11.0 Å². The Morgan fingerprint density at radius 2 is 2.00 bits per heavy atom. The van der Waals surface area contributed by atoms with Crippen LogP contribution in [0.3, 0.4) is 0 Å². The van der Waals surface area contributed by atoms with Gasteiger partial charge in [0.25, 0.3) is 11.9 Å². The SMILES string of the molecule is CC(=O)O.CC1C(=O)NN=C2COc3cc(-c4cccc(OC(F)(F)F)c4)c(NC4CCC4)cc3N21. The molecule has 1 aliphatic carbocycles. The number of aliphatic carboxylic acids is 1. The van der Waals surface area contributed by atoms with Crippen LogP contribution in [-0.4, -0.2) is 47.9 Å². The molecule has 0 radical (unpaired) electrons. The van der Waals surface area contributed by atoms with Crippen LogP contribution in [-0.2, 0) is 9.59 Å². The number of halogens is 3. The fraction of sp³-hybridized carbons (Fsp3) is 0.375. The average molecular weight is 506 g/mol. The summed E-state index contributed by atoms with van der Waals surface area (Å²) in [6.45, 7) is 3.04. The van der Waals surface area contributed by atoms with Crippen molar-refractivity contribution in [2.75, 3.05) is 16.8 Å². The molecular formula is C24H25F3N4O5. The quantitative estimate of drug-likeness (QED) is 0.566. The van der Waals surface area contributed by atoms with Gasteiger partial charge in [0.15, 0.2) is 5.84 Å². The number of carboxylic acids is 1. The molecule has 9 nitrogen and oxygen atoms in total. The molecule has 12 heteroatoms. The van der Waals surface area contributed by atoms with Gasteiger partial charge >= 0.3 is 6.36 Å². The second-order valence-electron chi connectivity index (χ2n) is 8.57. The Kier molecular flexibility index (Phi) is 6.95. The first-order valence-electron chi connectivity index (χ1n) is 11.3. The number of anilines is 2. The highest BCUT2D eigenvalue weighted by molar-refractivity contribution is 6.10. The monoisotopic (exact) mass is 506 g/mol. The van der Waals surface area contributed by atoms with Crippen molar-refractivity contribution in [3.05, 3.63) is 36.4 Å². The van der Waals surface area contributed by atoms with Crippen LogP contribution in [0.5, 0.6) is 11.5 Å². The van der Waals surface area contributed by atoms with Gasteiger partial charge in [0.1, 0.15) is 24.1 Å². The Labute approximate surface area is 204 Å². The Balaban J connectivity index is 0.000000709. The van der Waals surface area contributed by atoms with E-state index in [0.717, 1.165) is 31.9 Å². The van der Waals surface area contributed by atoms with Crippen LogP contribution in [0.25, 0.3) is 11.1 Å². The molecule has 2 aromatic carbocycles. The molecular weight excluding hydrogens is 481 g/mol. The smallest absolute Gasteiger partial charge is 0.483 e. The van der Waals surface area contributed by atoms with Gasteiger partial charge in [-0.15, -0.1) is 13.2 Å². The number of benzene rings is 2. The highest BCUT2D eigenvalue weighted by Crippen LogP contribution is 2.44. The standard InChI is InChI=1S/C22H21F3N4O3.C2H4O2/c1-12-21(30)28-27-20-11-31-19-9-16(13-4-2-7-15(8-13)32-22(23,24)25)17(10-18(19)29(12)20)26-14-5-3-6-14;1-2(3)4/h2,4,7-10,12,14,26H,3,5-6,11H2,1H3,(H,28,30);1H3,(H,3,4). The van der Waals surface area contributed by atoms with E-state index < -0.39 is 18.4 Å². The molecule has 0 bridgehead atoms. The molecule has 1 atom stereocenters. The summed E-state index contributed by atoms with van der Waals surface area (Å²) in [6.07, 6.45) is -1.62. The summed E-state index contributed by atoms with van der Waals surface area (Å²) >= 11 is 0. The van der Waals surface area contributed by atoms with Crippen LogP contribution >= 0.6 is 0 Å². The van der Waals surface area contributed by atoms with Crippen molar-refractivity contribution in [2.45, 2.75) is 51.6 Å². The number of hydrazone groups is 1. The van der Waals surface area contributed by atoms with Gasteiger partial charge in [-0.05, 0) is 56.0 Å². The number of hydrogen-bond acceptors (Lipinski definition) is 7. The Hall–Kier alpha value is -3.96. The molecule has 3 aliphatic rings. The lowest BCUT2D eigenvalue weighted by Crippen LogP contribution is -2.55. The number of fused-ring (bicyclic) bond motifs is 3. The van der Waals surface area contributed by atoms with Crippen molar-refractivity contribution in [1.82, 2.24) is 5.43 Å². The number of nitrogens with zero attached hydrogens (tertiary/aromatic N) is 2. The van der Waals surface area contributed by atoms with Crippen molar-refractivity contribution in [2.24, 2.45) is 5.10 Å². The number of amides is 1. The topological polar surface area (TPSA) is 112 Å². The van der Waals surface area contributed by atoms with Crippen LogP contribution in [0.4, 0.5) is 24.5 Å². The van der Waals surface area contributed by atoms with Gasteiger partial charge in [0.2, 0.25) is 0 Å². The summed E-state index contributed by atoms with van der Waals surface area (Å²) in [6, 6.07) is 9.34. The molecule has 1 amide bonds. The number of carboxylic acid groups (broad SMARTS) is 1. The third-order valence-electron chi connectivity index (χ3n) is 5.90. The van der Waals surface area contributed by atoms with Crippen LogP contribution in [0.15, 0.2) is 41.5 Å². The molecule has 2 aliphatic heterocycles. The highest BCUT2D eigenvalue weighted by atomic mass is 19.4. The Morgan fingerprint density at radius 3 is 2.64 bits per heavy atom. The minimum absolute atomic E-state index is 0.170. The van der Waals surface area contributed by atoms with Gasteiger partial charge in [-0.25, -0.2) is 5.43 Å². The van der Waals surface area contributed by atoms with E-state index in [4.69, 9.17) is 14.6 Å². The van der Waals surface area contributed by atoms with E-state index in [0.29, 0.717) is 28.4 Å². The zero-order valence-corrected chi connectivity index (χ0v) is 19.6. The van der Waals surface area contributed by atoms with Crippen LogP contribution in [0, 0.1) is 0 Å². The van der Waals surface area contributed by atoms with Crippen molar-refractivity contribution >= 4 is 29.1 Å². The summed E-state index contributed by atoms with van der Waals surface area (Å²) < 4.78 is 48.2. The van der Waals surface area contributed by atoms with Gasteiger partial charge in [0, 0.05) is 24.2 Å². The molecule has 5 rings (SSSR count). The molecule has 3 N–H and O–H groups in total. The number of nitrogens with one attached hydrogen (secondary N) is 2. The minimum atomic E-state index is -4.77.